The minimum Gasteiger partial charge on any atom is -0.462 e. The summed E-state index contributed by atoms with van der Waals surface area (Å²) in [6.07, 6.45) is 10.5. The molecule has 0 radical (unpaired) electrons. The molecule has 3 aliphatic rings. The Bertz CT molecular complexity index is 1050. The molecular formula is C26H30N2O3. The van der Waals surface area contributed by atoms with Gasteiger partial charge in [0.15, 0.2) is 0 Å². The number of rotatable bonds is 3. The maximum absolute atomic E-state index is 12.5. The summed E-state index contributed by atoms with van der Waals surface area (Å²) in [6, 6.07) is 9.84. The molecule has 2 aromatic rings. The first kappa shape index (κ1) is 20.2. The lowest BCUT2D eigenvalue weighted by atomic mass is 9.57. The fraction of sp³-hybridized carbons (Fsp3) is 0.500. The topological polar surface area (TPSA) is 68.3 Å². The van der Waals surface area contributed by atoms with Crippen molar-refractivity contribution in [1.29, 1.82) is 0 Å². The van der Waals surface area contributed by atoms with Crippen LogP contribution in [0.3, 0.4) is 0 Å². The van der Waals surface area contributed by atoms with Crippen LogP contribution in [0.25, 0.3) is 17.0 Å². The molecule has 2 saturated carbocycles. The molecule has 0 bridgehead atoms. The zero-order chi connectivity index (χ0) is 21.5. The molecule has 31 heavy (non-hydrogen) atoms. The minimum atomic E-state index is -0.0812. The number of nitrogens with one attached hydrogen (secondary N) is 1. The van der Waals surface area contributed by atoms with Gasteiger partial charge in [-0.1, -0.05) is 31.4 Å². The van der Waals surface area contributed by atoms with Crippen LogP contribution in [0.1, 0.15) is 51.6 Å². The van der Waals surface area contributed by atoms with Gasteiger partial charge in [0.25, 0.3) is 0 Å². The molecule has 1 aromatic heterocycles. The second kappa shape index (κ2) is 8.10. The fourth-order valence-corrected chi connectivity index (χ4v) is 6.31. The maximum atomic E-state index is 12.5. The van der Waals surface area contributed by atoms with Gasteiger partial charge in [0, 0.05) is 23.9 Å². The molecule has 162 valence electrons. The van der Waals surface area contributed by atoms with Crippen molar-refractivity contribution in [3.05, 3.63) is 42.1 Å². The second-order valence-corrected chi connectivity index (χ2v) is 9.53. The lowest BCUT2D eigenvalue weighted by Gasteiger charge is -2.45. The molecule has 5 heteroatoms. The number of allylic oxidation sites excluding steroid dienone is 1. The van der Waals surface area contributed by atoms with Crippen molar-refractivity contribution in [2.24, 2.45) is 29.6 Å². The van der Waals surface area contributed by atoms with E-state index < -0.39 is 0 Å². The number of hydrogen-bond acceptors (Lipinski definition) is 4. The fourth-order valence-electron chi connectivity index (χ4n) is 6.31. The van der Waals surface area contributed by atoms with Gasteiger partial charge in [0.05, 0.1) is 17.1 Å². The van der Waals surface area contributed by atoms with Crippen molar-refractivity contribution in [1.82, 2.24) is 4.98 Å². The standard InChI is InChI=1S/C26H30N2O3/c1-15-25-22(21-6-4-3-5-17(21)14-23(25)26(30)31-15)11-9-19-8-7-18-13-20(27-16(2)29)10-12-24(18)28-19/h7-13,15,17,21-23,25H,3-6,14H2,1-2H3,(H,27,29)/b11-9+/t15-,17+,21-,22+,23-,25+/m1/s1. The zero-order valence-electron chi connectivity index (χ0n) is 18.2. The first-order valence-electron chi connectivity index (χ1n) is 11.6. The predicted molar refractivity (Wildman–Crippen MR) is 121 cm³/mol. The van der Waals surface area contributed by atoms with E-state index in [0.717, 1.165) is 28.7 Å². The molecule has 2 heterocycles. The first-order chi connectivity index (χ1) is 15.0. The Morgan fingerprint density at radius 3 is 2.87 bits per heavy atom. The predicted octanol–water partition coefficient (Wildman–Crippen LogP) is 5.21. The summed E-state index contributed by atoms with van der Waals surface area (Å²) in [5.41, 5.74) is 2.61. The van der Waals surface area contributed by atoms with Gasteiger partial charge < -0.3 is 10.1 Å². The summed E-state index contributed by atoms with van der Waals surface area (Å²) < 4.78 is 5.67. The molecule has 1 amide bonds. The third kappa shape index (κ3) is 3.86. The van der Waals surface area contributed by atoms with E-state index in [1.807, 2.05) is 30.3 Å². The van der Waals surface area contributed by atoms with Crippen LogP contribution in [0.2, 0.25) is 0 Å². The third-order valence-corrected chi connectivity index (χ3v) is 7.60. The van der Waals surface area contributed by atoms with E-state index >= 15 is 0 Å². The maximum Gasteiger partial charge on any atom is 0.309 e. The van der Waals surface area contributed by atoms with E-state index in [4.69, 9.17) is 9.72 Å². The molecule has 0 unspecified atom stereocenters. The number of ether oxygens (including phenoxy) is 1. The first-order valence-corrected chi connectivity index (χ1v) is 11.6. The van der Waals surface area contributed by atoms with Crippen LogP contribution in [0, 0.1) is 29.6 Å². The smallest absolute Gasteiger partial charge is 0.309 e. The highest BCUT2D eigenvalue weighted by molar-refractivity contribution is 5.92. The van der Waals surface area contributed by atoms with Crippen LogP contribution in [0.5, 0.6) is 0 Å². The van der Waals surface area contributed by atoms with E-state index in [9.17, 15) is 9.59 Å². The summed E-state index contributed by atoms with van der Waals surface area (Å²) in [5.74, 6) is 1.92. The van der Waals surface area contributed by atoms with Crippen molar-refractivity contribution in [3.8, 4) is 0 Å². The highest BCUT2D eigenvalue weighted by atomic mass is 16.6. The van der Waals surface area contributed by atoms with Crippen molar-refractivity contribution < 1.29 is 14.3 Å². The SMILES string of the molecule is CC(=O)Nc1ccc2nc(/C=C/[C@H]3[C@@H]4CCCC[C@H]4C[C@H]4C(=O)O[C@H](C)[C@@H]34)ccc2c1. The number of amides is 1. The molecular weight excluding hydrogens is 388 g/mol. The minimum absolute atomic E-state index is 0.00761. The summed E-state index contributed by atoms with van der Waals surface area (Å²) in [7, 11) is 0. The van der Waals surface area contributed by atoms with Crippen LogP contribution in [0.15, 0.2) is 36.4 Å². The Morgan fingerprint density at radius 1 is 1.19 bits per heavy atom. The summed E-state index contributed by atoms with van der Waals surface area (Å²) in [5, 5.41) is 3.81. The molecule has 6 atom stereocenters. The molecule has 5 rings (SSSR count). The monoisotopic (exact) mass is 418 g/mol. The summed E-state index contributed by atoms with van der Waals surface area (Å²) in [6.45, 7) is 3.57. The Labute approximate surface area is 183 Å². The third-order valence-electron chi connectivity index (χ3n) is 7.60. The van der Waals surface area contributed by atoms with Crippen LogP contribution in [0.4, 0.5) is 5.69 Å². The molecule has 3 fully saturated rings. The van der Waals surface area contributed by atoms with Gasteiger partial charge >= 0.3 is 5.97 Å². The molecule has 2 aliphatic carbocycles. The van der Waals surface area contributed by atoms with E-state index in [1.165, 1.54) is 32.6 Å². The number of hydrogen-bond donors (Lipinski definition) is 1. The summed E-state index contributed by atoms with van der Waals surface area (Å²) in [4.78, 5) is 28.6. The number of benzene rings is 1. The van der Waals surface area contributed by atoms with E-state index in [1.54, 1.807) is 0 Å². The van der Waals surface area contributed by atoms with Gasteiger partial charge in [0.2, 0.25) is 5.91 Å². The molecule has 1 saturated heterocycles. The van der Waals surface area contributed by atoms with Gasteiger partial charge in [-0.3, -0.25) is 9.59 Å². The van der Waals surface area contributed by atoms with Crippen LogP contribution in [-0.4, -0.2) is 23.0 Å². The van der Waals surface area contributed by atoms with Gasteiger partial charge in [0.1, 0.15) is 6.10 Å². The number of pyridine rings is 1. The lowest BCUT2D eigenvalue weighted by Crippen LogP contribution is -2.42. The number of anilines is 1. The van der Waals surface area contributed by atoms with Crippen LogP contribution >= 0.6 is 0 Å². The second-order valence-electron chi connectivity index (χ2n) is 9.53. The molecule has 0 spiro atoms. The van der Waals surface area contributed by atoms with Crippen LogP contribution in [-0.2, 0) is 14.3 Å². The number of carbonyl (C=O) groups excluding carboxylic acids is 2. The molecule has 1 aliphatic heterocycles. The number of esters is 1. The Balaban J connectivity index is 1.42. The van der Waals surface area contributed by atoms with Crippen molar-refractivity contribution in [2.45, 2.75) is 52.1 Å². The van der Waals surface area contributed by atoms with E-state index in [-0.39, 0.29) is 29.8 Å². The van der Waals surface area contributed by atoms with Crippen molar-refractivity contribution in [2.75, 3.05) is 5.32 Å². The Hall–Kier alpha value is -2.69. The van der Waals surface area contributed by atoms with Crippen molar-refractivity contribution in [3.63, 3.8) is 0 Å². The Morgan fingerprint density at radius 2 is 2.03 bits per heavy atom. The number of aromatic nitrogens is 1. The number of nitrogens with zero attached hydrogens (tertiary/aromatic N) is 1. The van der Waals surface area contributed by atoms with E-state index in [2.05, 4.69) is 24.4 Å². The van der Waals surface area contributed by atoms with Crippen LogP contribution < -0.4 is 5.32 Å². The largest absolute Gasteiger partial charge is 0.462 e. The normalized spacial score (nSPS) is 32.5. The zero-order valence-corrected chi connectivity index (χ0v) is 18.2. The van der Waals surface area contributed by atoms with Crippen molar-refractivity contribution >= 4 is 34.5 Å². The highest BCUT2D eigenvalue weighted by Gasteiger charge is 2.53. The average molecular weight is 419 g/mol. The molecule has 5 nitrogen and oxygen atoms in total. The number of carbonyl (C=O) groups is 2. The van der Waals surface area contributed by atoms with Gasteiger partial charge in [-0.2, -0.15) is 0 Å². The summed E-state index contributed by atoms with van der Waals surface area (Å²) >= 11 is 0. The van der Waals surface area contributed by atoms with Gasteiger partial charge in [-0.15, -0.1) is 0 Å². The van der Waals surface area contributed by atoms with Gasteiger partial charge in [-0.05, 0) is 67.9 Å². The average Bonchev–Trinajstić information content (AvgIpc) is 3.04. The number of fused-ring (bicyclic) bond motifs is 3. The number of cyclic esters (lactones) is 1. The quantitative estimate of drug-likeness (QED) is 0.695. The molecule has 1 aromatic carbocycles. The Kier molecular flexibility index (Phi) is 5.28. The molecule has 1 N–H and O–H groups in total. The lowest BCUT2D eigenvalue weighted by molar-refractivity contribution is -0.144. The van der Waals surface area contributed by atoms with Gasteiger partial charge in [-0.25, -0.2) is 4.98 Å². The highest BCUT2D eigenvalue weighted by Crippen LogP contribution is 2.53. The van der Waals surface area contributed by atoms with E-state index in [0.29, 0.717) is 17.8 Å².